The fraction of sp³-hybridized carbons (Fsp3) is 0.188. The van der Waals surface area contributed by atoms with E-state index >= 15 is 0 Å². The van der Waals surface area contributed by atoms with E-state index in [2.05, 4.69) is 10.0 Å². The predicted molar refractivity (Wildman–Crippen MR) is 90.6 cm³/mol. The molecular weight excluding hydrogens is 316 g/mol. The van der Waals surface area contributed by atoms with Crippen molar-refractivity contribution < 1.29 is 17.9 Å². The number of sulfonamides is 1. The van der Waals surface area contributed by atoms with Crippen LogP contribution in [-0.2, 0) is 10.0 Å². The van der Waals surface area contributed by atoms with Crippen molar-refractivity contribution in [2.45, 2.75) is 6.92 Å². The molecule has 0 aromatic heterocycles. The predicted octanol–water partition coefficient (Wildman–Crippen LogP) is 2.63. The van der Waals surface area contributed by atoms with Gasteiger partial charge in [0.15, 0.2) is 0 Å². The van der Waals surface area contributed by atoms with Crippen molar-refractivity contribution in [3.8, 4) is 5.75 Å². The second-order valence-corrected chi connectivity index (χ2v) is 6.84. The SMILES string of the molecule is COc1cccc(NC(=O)c2ccc(NS(C)(=O)=O)c(C)c2)c1. The summed E-state index contributed by atoms with van der Waals surface area (Å²) in [6.07, 6.45) is 1.08. The van der Waals surface area contributed by atoms with Crippen LogP contribution in [0.5, 0.6) is 5.75 Å². The van der Waals surface area contributed by atoms with Crippen LogP contribution in [0.25, 0.3) is 0 Å². The van der Waals surface area contributed by atoms with Gasteiger partial charge in [0.25, 0.3) is 5.91 Å². The molecule has 0 atom stereocenters. The molecule has 2 rings (SSSR count). The Morgan fingerprint density at radius 2 is 1.87 bits per heavy atom. The number of hydrogen-bond acceptors (Lipinski definition) is 4. The van der Waals surface area contributed by atoms with Crippen LogP contribution >= 0.6 is 0 Å². The monoisotopic (exact) mass is 334 g/mol. The molecule has 0 spiro atoms. The molecule has 1 amide bonds. The first kappa shape index (κ1) is 16.8. The van der Waals surface area contributed by atoms with Crippen molar-refractivity contribution in [1.82, 2.24) is 0 Å². The molecule has 0 unspecified atom stereocenters. The van der Waals surface area contributed by atoms with Crippen LogP contribution in [0, 0.1) is 6.92 Å². The standard InChI is InChI=1S/C16H18N2O4S/c1-11-9-12(7-8-15(11)18-23(3,20)21)16(19)17-13-5-4-6-14(10-13)22-2/h4-10,18H,1-3H3,(H,17,19). The molecular formula is C16H18N2O4S. The van der Waals surface area contributed by atoms with E-state index < -0.39 is 10.0 Å². The van der Waals surface area contributed by atoms with E-state index in [1.807, 2.05) is 0 Å². The maximum Gasteiger partial charge on any atom is 0.255 e. The Hall–Kier alpha value is -2.54. The maximum atomic E-state index is 12.3. The molecule has 2 aromatic rings. The molecule has 23 heavy (non-hydrogen) atoms. The van der Waals surface area contributed by atoms with Crippen LogP contribution < -0.4 is 14.8 Å². The zero-order chi connectivity index (χ0) is 17.0. The minimum absolute atomic E-state index is 0.285. The third-order valence-corrected chi connectivity index (χ3v) is 3.70. The Bertz CT molecular complexity index is 832. The molecule has 0 aliphatic rings. The molecule has 7 heteroatoms. The normalized spacial score (nSPS) is 10.9. The molecule has 2 aromatic carbocycles. The minimum Gasteiger partial charge on any atom is -0.497 e. The number of benzene rings is 2. The number of methoxy groups -OCH3 is 1. The number of carbonyl (C=O) groups is 1. The van der Waals surface area contributed by atoms with E-state index in [-0.39, 0.29) is 5.91 Å². The molecule has 0 bridgehead atoms. The van der Waals surface area contributed by atoms with Gasteiger partial charge in [-0.3, -0.25) is 9.52 Å². The average Bonchev–Trinajstić information content (AvgIpc) is 2.48. The Labute approximate surface area is 135 Å². The highest BCUT2D eigenvalue weighted by atomic mass is 32.2. The summed E-state index contributed by atoms with van der Waals surface area (Å²) < 4.78 is 30.1. The minimum atomic E-state index is -3.35. The molecule has 0 radical (unpaired) electrons. The van der Waals surface area contributed by atoms with Crippen molar-refractivity contribution in [1.29, 1.82) is 0 Å². The van der Waals surface area contributed by atoms with E-state index in [9.17, 15) is 13.2 Å². The van der Waals surface area contributed by atoms with E-state index in [0.29, 0.717) is 28.3 Å². The lowest BCUT2D eigenvalue weighted by molar-refractivity contribution is 0.102. The Morgan fingerprint density at radius 1 is 1.13 bits per heavy atom. The molecule has 122 valence electrons. The van der Waals surface area contributed by atoms with Crippen LogP contribution in [0.15, 0.2) is 42.5 Å². The van der Waals surface area contributed by atoms with E-state index in [4.69, 9.17) is 4.74 Å². The highest BCUT2D eigenvalue weighted by molar-refractivity contribution is 7.92. The summed E-state index contributed by atoms with van der Waals surface area (Å²) in [5, 5.41) is 2.77. The topological polar surface area (TPSA) is 84.5 Å². The fourth-order valence-corrected chi connectivity index (χ4v) is 2.65. The number of carbonyl (C=O) groups excluding carboxylic acids is 1. The maximum absolute atomic E-state index is 12.3. The molecule has 0 heterocycles. The molecule has 0 fully saturated rings. The van der Waals surface area contributed by atoms with Gasteiger partial charge in [0.1, 0.15) is 5.75 Å². The van der Waals surface area contributed by atoms with Crippen molar-refractivity contribution in [2.75, 3.05) is 23.4 Å². The molecule has 0 aliphatic carbocycles. The average molecular weight is 334 g/mol. The third-order valence-electron chi connectivity index (χ3n) is 3.11. The highest BCUT2D eigenvalue weighted by Gasteiger charge is 2.10. The molecule has 0 saturated heterocycles. The smallest absolute Gasteiger partial charge is 0.255 e. The van der Waals surface area contributed by atoms with Crippen molar-refractivity contribution >= 4 is 27.3 Å². The summed E-state index contributed by atoms with van der Waals surface area (Å²) in [6.45, 7) is 1.73. The highest BCUT2D eigenvalue weighted by Crippen LogP contribution is 2.20. The summed E-state index contributed by atoms with van der Waals surface area (Å²) in [7, 11) is -1.80. The first-order valence-electron chi connectivity index (χ1n) is 6.82. The molecule has 2 N–H and O–H groups in total. The third kappa shape index (κ3) is 4.72. The van der Waals surface area contributed by atoms with Crippen LogP contribution in [0.3, 0.4) is 0 Å². The van der Waals surface area contributed by atoms with Gasteiger partial charge >= 0.3 is 0 Å². The van der Waals surface area contributed by atoms with Gasteiger partial charge in [-0.2, -0.15) is 0 Å². The van der Waals surface area contributed by atoms with Crippen LogP contribution in [0.2, 0.25) is 0 Å². The van der Waals surface area contributed by atoms with Crippen molar-refractivity contribution in [3.63, 3.8) is 0 Å². The number of amides is 1. The summed E-state index contributed by atoms with van der Waals surface area (Å²) in [5.41, 5.74) is 2.16. The van der Waals surface area contributed by atoms with Crippen LogP contribution in [-0.4, -0.2) is 27.7 Å². The van der Waals surface area contributed by atoms with E-state index in [0.717, 1.165) is 6.26 Å². The Balaban J connectivity index is 2.18. The quantitative estimate of drug-likeness (QED) is 0.880. The van der Waals surface area contributed by atoms with Gasteiger partial charge in [0.2, 0.25) is 10.0 Å². The number of ether oxygens (including phenoxy) is 1. The lowest BCUT2D eigenvalue weighted by Crippen LogP contribution is -2.14. The second kappa shape index (κ2) is 6.70. The zero-order valence-electron chi connectivity index (χ0n) is 13.1. The summed E-state index contributed by atoms with van der Waals surface area (Å²) >= 11 is 0. The summed E-state index contributed by atoms with van der Waals surface area (Å²) in [4.78, 5) is 12.3. The lowest BCUT2D eigenvalue weighted by Gasteiger charge is -2.10. The van der Waals surface area contributed by atoms with Gasteiger partial charge in [-0.05, 0) is 42.8 Å². The number of anilines is 2. The summed E-state index contributed by atoms with van der Waals surface area (Å²) in [6, 6.07) is 11.8. The molecule has 0 saturated carbocycles. The van der Waals surface area contributed by atoms with Crippen LogP contribution in [0.4, 0.5) is 11.4 Å². The number of aryl methyl sites for hydroxylation is 1. The van der Waals surface area contributed by atoms with Gasteiger partial charge in [0.05, 0.1) is 19.1 Å². The van der Waals surface area contributed by atoms with Crippen molar-refractivity contribution in [2.24, 2.45) is 0 Å². The second-order valence-electron chi connectivity index (χ2n) is 5.09. The Morgan fingerprint density at radius 3 is 2.48 bits per heavy atom. The van der Waals surface area contributed by atoms with Gasteiger partial charge in [-0.25, -0.2) is 8.42 Å². The number of hydrogen-bond donors (Lipinski definition) is 2. The zero-order valence-corrected chi connectivity index (χ0v) is 13.9. The van der Waals surface area contributed by atoms with Crippen LogP contribution in [0.1, 0.15) is 15.9 Å². The van der Waals surface area contributed by atoms with Crippen molar-refractivity contribution in [3.05, 3.63) is 53.6 Å². The van der Waals surface area contributed by atoms with Gasteiger partial charge in [-0.1, -0.05) is 6.07 Å². The molecule has 6 nitrogen and oxygen atoms in total. The van der Waals surface area contributed by atoms with Gasteiger partial charge in [0, 0.05) is 17.3 Å². The van der Waals surface area contributed by atoms with Gasteiger partial charge < -0.3 is 10.1 Å². The Kier molecular flexibility index (Phi) is 4.90. The fourth-order valence-electron chi connectivity index (χ4n) is 2.02. The lowest BCUT2D eigenvalue weighted by atomic mass is 10.1. The first-order valence-corrected chi connectivity index (χ1v) is 8.71. The van der Waals surface area contributed by atoms with E-state index in [1.165, 1.54) is 0 Å². The van der Waals surface area contributed by atoms with Gasteiger partial charge in [-0.15, -0.1) is 0 Å². The molecule has 0 aliphatic heterocycles. The largest absolute Gasteiger partial charge is 0.497 e. The number of nitrogens with one attached hydrogen (secondary N) is 2. The number of rotatable bonds is 5. The van der Waals surface area contributed by atoms with E-state index in [1.54, 1.807) is 56.5 Å². The summed E-state index contributed by atoms with van der Waals surface area (Å²) in [5.74, 6) is 0.360. The first-order chi connectivity index (χ1) is 10.8.